The van der Waals surface area contributed by atoms with Crippen LogP contribution in [-0.4, -0.2) is 46.7 Å². The van der Waals surface area contributed by atoms with E-state index in [1.807, 2.05) is 0 Å². The highest BCUT2D eigenvalue weighted by molar-refractivity contribution is 5.94. The zero-order valence-corrected chi connectivity index (χ0v) is 16.2. The second-order valence-electron chi connectivity index (χ2n) is 7.77. The van der Waals surface area contributed by atoms with Crippen molar-refractivity contribution in [2.75, 3.05) is 19.6 Å². The monoisotopic (exact) mass is 368 g/mol. The fourth-order valence-corrected chi connectivity index (χ4v) is 4.12. The molecule has 1 amide bonds. The van der Waals surface area contributed by atoms with Gasteiger partial charge in [0.25, 0.3) is 5.91 Å². The molecular formula is C21H28N4O2. The van der Waals surface area contributed by atoms with Gasteiger partial charge in [0.2, 0.25) is 0 Å². The predicted molar refractivity (Wildman–Crippen MR) is 104 cm³/mol. The molecule has 0 radical (unpaired) electrons. The summed E-state index contributed by atoms with van der Waals surface area (Å²) >= 11 is 0. The van der Waals surface area contributed by atoms with Crippen LogP contribution >= 0.6 is 0 Å². The number of amides is 1. The van der Waals surface area contributed by atoms with Crippen LogP contribution in [0.1, 0.15) is 52.6 Å². The number of H-pyrrole nitrogens is 1. The van der Waals surface area contributed by atoms with E-state index in [-0.39, 0.29) is 12.0 Å². The summed E-state index contributed by atoms with van der Waals surface area (Å²) in [6, 6.07) is 6.34. The van der Waals surface area contributed by atoms with Crippen molar-refractivity contribution in [2.45, 2.75) is 52.2 Å². The Kier molecular flexibility index (Phi) is 5.16. The normalized spacial score (nSPS) is 19.6. The van der Waals surface area contributed by atoms with Crippen molar-refractivity contribution >= 4 is 5.91 Å². The lowest BCUT2D eigenvalue weighted by molar-refractivity contribution is 0.0938. The molecule has 1 unspecified atom stereocenters. The van der Waals surface area contributed by atoms with E-state index in [4.69, 9.17) is 4.74 Å². The van der Waals surface area contributed by atoms with Crippen molar-refractivity contribution in [2.24, 2.45) is 0 Å². The Morgan fingerprint density at radius 3 is 3.11 bits per heavy atom. The third-order valence-corrected chi connectivity index (χ3v) is 5.44. The van der Waals surface area contributed by atoms with Crippen LogP contribution in [0.2, 0.25) is 0 Å². The lowest BCUT2D eigenvalue weighted by Gasteiger charge is -2.22. The highest BCUT2D eigenvalue weighted by Crippen LogP contribution is 2.26. The molecule has 0 spiro atoms. The number of nitrogens with zero attached hydrogens (tertiary/aromatic N) is 2. The first-order valence-corrected chi connectivity index (χ1v) is 9.93. The smallest absolute Gasteiger partial charge is 0.272 e. The largest absolute Gasteiger partial charge is 0.489 e. The number of rotatable bonds is 4. The molecule has 27 heavy (non-hydrogen) atoms. The molecule has 144 valence electrons. The van der Waals surface area contributed by atoms with Crippen LogP contribution in [0, 0.1) is 6.92 Å². The molecule has 4 rings (SSSR count). The first-order chi connectivity index (χ1) is 13.1. The van der Waals surface area contributed by atoms with Crippen LogP contribution in [-0.2, 0) is 19.4 Å². The Bertz CT molecular complexity index is 830. The molecule has 0 saturated heterocycles. The van der Waals surface area contributed by atoms with Crippen LogP contribution < -0.4 is 10.1 Å². The summed E-state index contributed by atoms with van der Waals surface area (Å²) in [5.74, 6) is 0.910. The number of aryl methyl sites for hydroxylation is 2. The molecule has 1 aromatic carbocycles. The predicted octanol–water partition coefficient (Wildman–Crippen LogP) is 2.61. The number of aromatic amines is 1. The molecular weight excluding hydrogens is 340 g/mol. The van der Waals surface area contributed by atoms with E-state index >= 15 is 0 Å². The summed E-state index contributed by atoms with van der Waals surface area (Å²) < 4.78 is 6.05. The summed E-state index contributed by atoms with van der Waals surface area (Å²) in [6.45, 7) is 7.28. The van der Waals surface area contributed by atoms with Crippen molar-refractivity contribution in [3.05, 3.63) is 46.3 Å². The second-order valence-corrected chi connectivity index (χ2v) is 7.77. The van der Waals surface area contributed by atoms with E-state index in [0.717, 1.165) is 55.9 Å². The molecule has 2 aromatic rings. The van der Waals surface area contributed by atoms with Gasteiger partial charge in [0, 0.05) is 43.0 Å². The minimum atomic E-state index is -0.0650. The number of carbonyl (C=O) groups is 1. The average Bonchev–Trinajstić information content (AvgIpc) is 3.01. The summed E-state index contributed by atoms with van der Waals surface area (Å²) in [6.07, 6.45) is 4.39. The van der Waals surface area contributed by atoms with E-state index in [2.05, 4.69) is 52.5 Å². The molecule has 1 aromatic heterocycles. The maximum atomic E-state index is 12.6. The number of aromatic nitrogens is 2. The van der Waals surface area contributed by atoms with Crippen molar-refractivity contribution in [1.29, 1.82) is 0 Å². The van der Waals surface area contributed by atoms with Gasteiger partial charge in [0.15, 0.2) is 5.69 Å². The molecule has 2 N–H and O–H groups in total. The van der Waals surface area contributed by atoms with Crippen molar-refractivity contribution < 1.29 is 9.53 Å². The fourth-order valence-electron chi connectivity index (χ4n) is 4.12. The molecule has 6 nitrogen and oxygen atoms in total. The van der Waals surface area contributed by atoms with Gasteiger partial charge in [-0.25, -0.2) is 0 Å². The highest BCUT2D eigenvalue weighted by atomic mass is 16.5. The van der Waals surface area contributed by atoms with Crippen LogP contribution in [0.15, 0.2) is 18.2 Å². The SMILES string of the molecule is Cc1ccc2c(c1)CN(CCNC(=O)c1n[nH]c3c1CCCC3)CC(C)O2. The van der Waals surface area contributed by atoms with Crippen LogP contribution in [0.3, 0.4) is 0 Å². The number of benzene rings is 1. The Balaban J connectivity index is 1.36. The molecule has 0 bridgehead atoms. The molecule has 2 aliphatic rings. The Labute approximate surface area is 160 Å². The summed E-state index contributed by atoms with van der Waals surface area (Å²) in [5.41, 5.74) is 5.28. The molecule has 6 heteroatoms. The van der Waals surface area contributed by atoms with Gasteiger partial charge < -0.3 is 10.1 Å². The summed E-state index contributed by atoms with van der Waals surface area (Å²) in [4.78, 5) is 14.9. The molecule has 0 saturated carbocycles. The first kappa shape index (κ1) is 18.0. The lowest BCUT2D eigenvalue weighted by Crippen LogP contribution is -2.38. The highest BCUT2D eigenvalue weighted by Gasteiger charge is 2.23. The van der Waals surface area contributed by atoms with Gasteiger partial charge >= 0.3 is 0 Å². The van der Waals surface area contributed by atoms with E-state index < -0.39 is 0 Å². The van der Waals surface area contributed by atoms with Crippen molar-refractivity contribution in [3.63, 3.8) is 0 Å². The van der Waals surface area contributed by atoms with E-state index in [0.29, 0.717) is 12.2 Å². The fraction of sp³-hybridized carbons (Fsp3) is 0.524. The quantitative estimate of drug-likeness (QED) is 0.870. The first-order valence-electron chi connectivity index (χ1n) is 9.93. The zero-order valence-electron chi connectivity index (χ0n) is 16.2. The molecule has 0 fully saturated rings. The summed E-state index contributed by atoms with van der Waals surface area (Å²) in [7, 11) is 0. The van der Waals surface area contributed by atoms with E-state index in [1.165, 1.54) is 17.5 Å². The maximum absolute atomic E-state index is 12.6. The molecule has 2 heterocycles. The third kappa shape index (κ3) is 4.00. The van der Waals surface area contributed by atoms with Crippen LogP contribution in [0.25, 0.3) is 0 Å². The van der Waals surface area contributed by atoms with Crippen LogP contribution in [0.4, 0.5) is 0 Å². The average molecular weight is 368 g/mol. The molecule has 1 aliphatic carbocycles. The number of fused-ring (bicyclic) bond motifs is 2. The minimum Gasteiger partial charge on any atom is -0.489 e. The van der Waals surface area contributed by atoms with Crippen molar-refractivity contribution in [1.82, 2.24) is 20.4 Å². The topological polar surface area (TPSA) is 70.2 Å². The number of nitrogens with one attached hydrogen (secondary N) is 2. The number of ether oxygens (including phenoxy) is 1. The number of hydrogen-bond donors (Lipinski definition) is 2. The standard InChI is InChI=1S/C21H28N4O2/c1-14-7-8-19-16(11-14)13-25(12-15(2)27-19)10-9-22-21(26)20-17-5-3-4-6-18(17)23-24-20/h7-8,11,15H,3-6,9-10,12-13H2,1-2H3,(H,22,26)(H,23,24). The van der Waals surface area contributed by atoms with Gasteiger partial charge in [-0.15, -0.1) is 0 Å². The van der Waals surface area contributed by atoms with Gasteiger partial charge in [-0.2, -0.15) is 5.10 Å². The molecule has 1 atom stereocenters. The Morgan fingerprint density at radius 2 is 2.22 bits per heavy atom. The van der Waals surface area contributed by atoms with Gasteiger partial charge in [0.05, 0.1) is 0 Å². The summed E-state index contributed by atoms with van der Waals surface area (Å²) in [5, 5.41) is 10.3. The second kappa shape index (κ2) is 7.72. The zero-order chi connectivity index (χ0) is 18.8. The van der Waals surface area contributed by atoms with E-state index in [9.17, 15) is 4.79 Å². The maximum Gasteiger partial charge on any atom is 0.272 e. The Morgan fingerprint density at radius 1 is 1.37 bits per heavy atom. The molecule has 1 aliphatic heterocycles. The number of hydrogen-bond acceptors (Lipinski definition) is 4. The van der Waals surface area contributed by atoms with Gasteiger partial charge in [-0.1, -0.05) is 17.7 Å². The van der Waals surface area contributed by atoms with E-state index in [1.54, 1.807) is 0 Å². The third-order valence-electron chi connectivity index (χ3n) is 5.44. The number of carbonyl (C=O) groups excluding carboxylic acids is 1. The Hall–Kier alpha value is -2.34. The minimum absolute atomic E-state index is 0.0650. The van der Waals surface area contributed by atoms with Crippen LogP contribution in [0.5, 0.6) is 5.75 Å². The lowest BCUT2D eigenvalue weighted by atomic mass is 9.96. The van der Waals surface area contributed by atoms with Crippen molar-refractivity contribution in [3.8, 4) is 5.75 Å². The van der Waals surface area contributed by atoms with Gasteiger partial charge in [-0.05, 0) is 45.6 Å². The van der Waals surface area contributed by atoms with Gasteiger partial charge in [-0.3, -0.25) is 14.8 Å². The van der Waals surface area contributed by atoms with Gasteiger partial charge in [0.1, 0.15) is 11.9 Å².